The Kier molecular flexibility index (Phi) is 8.61. The minimum absolute atomic E-state index is 0.0738. The molecule has 1 aliphatic rings. The number of nitrogens with zero attached hydrogens (tertiary/aromatic N) is 2. The van der Waals surface area contributed by atoms with Gasteiger partial charge in [0.05, 0.1) is 39.0 Å². The fraction of sp³-hybridized carbons (Fsp3) is 0.333. The molecule has 7 nitrogen and oxygen atoms in total. The van der Waals surface area contributed by atoms with Crippen LogP contribution in [0.2, 0.25) is 5.02 Å². The Bertz CT molecular complexity index is 1540. The van der Waals surface area contributed by atoms with Crippen molar-refractivity contribution in [3.05, 3.63) is 81.1 Å². The summed E-state index contributed by atoms with van der Waals surface area (Å²) in [5.41, 5.74) is 2.83. The lowest BCUT2D eigenvalue weighted by Crippen LogP contribution is -2.44. The molecule has 1 aliphatic carbocycles. The Morgan fingerprint density at radius 1 is 1.10 bits per heavy atom. The van der Waals surface area contributed by atoms with Crippen LogP contribution < -0.4 is 16.0 Å². The van der Waals surface area contributed by atoms with Gasteiger partial charge in [-0.3, -0.25) is 19.6 Å². The molecule has 1 aromatic carbocycles. The van der Waals surface area contributed by atoms with Crippen molar-refractivity contribution in [2.75, 3.05) is 10.6 Å². The van der Waals surface area contributed by atoms with Crippen LogP contribution in [0.4, 0.5) is 15.8 Å². The van der Waals surface area contributed by atoms with Crippen LogP contribution in [-0.2, 0) is 4.79 Å². The summed E-state index contributed by atoms with van der Waals surface area (Å²) in [5, 5.41) is 10.4. The quantitative estimate of drug-likeness (QED) is 0.194. The van der Waals surface area contributed by atoms with Gasteiger partial charge in [0.1, 0.15) is 11.9 Å². The molecule has 4 aromatic rings. The van der Waals surface area contributed by atoms with Gasteiger partial charge in [-0.2, -0.15) is 0 Å². The molecule has 0 aliphatic heterocycles. The molecule has 2 atom stereocenters. The van der Waals surface area contributed by atoms with Gasteiger partial charge in [0.2, 0.25) is 5.91 Å². The molecule has 3 aromatic heterocycles. The van der Waals surface area contributed by atoms with Gasteiger partial charge in [0.15, 0.2) is 0 Å². The predicted molar refractivity (Wildman–Crippen MR) is 159 cm³/mol. The Labute approximate surface area is 241 Å². The van der Waals surface area contributed by atoms with Gasteiger partial charge in [-0.15, -0.1) is 11.3 Å². The number of thiophene rings is 1. The maximum atomic E-state index is 13.7. The number of nitrogens with one attached hydrogen (secondary N) is 3. The molecular weight excluding hydrogens is 549 g/mol. The predicted octanol–water partition coefficient (Wildman–Crippen LogP) is 7.28. The number of amides is 2. The maximum absolute atomic E-state index is 13.7. The molecule has 10 heteroatoms. The second kappa shape index (κ2) is 12.3. The summed E-state index contributed by atoms with van der Waals surface area (Å²) in [6.45, 7) is 3.91. The standard InChI is InChI=1S/C30H31ClFN5O2S/c1-17-25(14-21(31)15-33-17)35-18(2)27-9-10-28(40-27)30(39)37-26(11-19-5-3-4-6-19)29(38)36-23-7-8-24-20(13-23)12-22(32)16-34-24/h7-10,12-16,18-19,26,35H,3-6,11H2,1-2H3,(H,36,38)(H,37,39)/t18-,26-/m0/s1. The van der Waals surface area contributed by atoms with Crippen LogP contribution in [0.25, 0.3) is 10.9 Å². The summed E-state index contributed by atoms with van der Waals surface area (Å²) in [6.07, 6.45) is 7.70. The summed E-state index contributed by atoms with van der Waals surface area (Å²) >= 11 is 7.49. The highest BCUT2D eigenvalue weighted by molar-refractivity contribution is 7.14. The van der Waals surface area contributed by atoms with Crippen molar-refractivity contribution in [3.63, 3.8) is 0 Å². The van der Waals surface area contributed by atoms with Crippen molar-refractivity contribution in [1.82, 2.24) is 15.3 Å². The zero-order valence-electron chi connectivity index (χ0n) is 22.3. The number of aryl methyl sites for hydroxylation is 1. The molecule has 3 heterocycles. The lowest BCUT2D eigenvalue weighted by Gasteiger charge is -2.21. The van der Waals surface area contributed by atoms with E-state index in [1.54, 1.807) is 30.5 Å². The normalized spacial score (nSPS) is 15.1. The van der Waals surface area contributed by atoms with E-state index in [4.69, 9.17) is 11.6 Å². The number of carbonyl (C=O) groups is 2. The molecule has 5 rings (SSSR count). The van der Waals surface area contributed by atoms with Crippen LogP contribution in [0, 0.1) is 18.7 Å². The van der Waals surface area contributed by atoms with E-state index in [0.29, 0.717) is 38.8 Å². The molecule has 2 amide bonds. The minimum Gasteiger partial charge on any atom is -0.376 e. The minimum atomic E-state index is -0.696. The Balaban J connectivity index is 1.28. The van der Waals surface area contributed by atoms with Crippen molar-refractivity contribution in [3.8, 4) is 0 Å². The van der Waals surface area contributed by atoms with E-state index in [1.165, 1.54) is 17.4 Å². The average molecular weight is 580 g/mol. The second-order valence-electron chi connectivity index (χ2n) is 10.3. The second-order valence-corrected chi connectivity index (χ2v) is 11.9. The molecule has 0 bridgehead atoms. The summed E-state index contributed by atoms with van der Waals surface area (Å²) in [6, 6.07) is 11.3. The number of carbonyl (C=O) groups excluding carboxylic acids is 2. The van der Waals surface area contributed by atoms with E-state index in [2.05, 4.69) is 25.9 Å². The molecule has 3 N–H and O–H groups in total. The first-order chi connectivity index (χ1) is 19.2. The molecule has 0 radical (unpaired) electrons. The van der Waals surface area contributed by atoms with Gasteiger partial charge >= 0.3 is 0 Å². The highest BCUT2D eigenvalue weighted by Gasteiger charge is 2.28. The molecule has 1 saturated carbocycles. The topological polar surface area (TPSA) is 96.0 Å². The Morgan fingerprint density at radius 3 is 2.70 bits per heavy atom. The molecule has 0 spiro atoms. The van der Waals surface area contributed by atoms with Gasteiger partial charge in [-0.05, 0) is 68.7 Å². The lowest BCUT2D eigenvalue weighted by molar-refractivity contribution is -0.118. The largest absolute Gasteiger partial charge is 0.376 e. The third-order valence-electron chi connectivity index (χ3n) is 7.28. The first-order valence-corrected chi connectivity index (χ1v) is 14.6. The first-order valence-electron chi connectivity index (χ1n) is 13.4. The van der Waals surface area contributed by atoms with Gasteiger partial charge in [-0.1, -0.05) is 37.3 Å². The van der Waals surface area contributed by atoms with Gasteiger partial charge < -0.3 is 16.0 Å². The fourth-order valence-corrected chi connectivity index (χ4v) is 6.19. The number of fused-ring (bicyclic) bond motifs is 1. The zero-order chi connectivity index (χ0) is 28.2. The molecule has 40 heavy (non-hydrogen) atoms. The summed E-state index contributed by atoms with van der Waals surface area (Å²) in [5.74, 6) is -0.642. The van der Waals surface area contributed by atoms with Crippen LogP contribution in [0.5, 0.6) is 0 Å². The number of hydrogen-bond donors (Lipinski definition) is 3. The smallest absolute Gasteiger partial charge is 0.262 e. The highest BCUT2D eigenvalue weighted by atomic mass is 35.5. The average Bonchev–Trinajstić information content (AvgIpc) is 3.63. The van der Waals surface area contributed by atoms with Crippen molar-refractivity contribution < 1.29 is 14.0 Å². The monoisotopic (exact) mass is 579 g/mol. The van der Waals surface area contributed by atoms with E-state index < -0.39 is 11.9 Å². The number of aromatic nitrogens is 2. The third kappa shape index (κ3) is 6.77. The summed E-state index contributed by atoms with van der Waals surface area (Å²) < 4.78 is 13.7. The third-order valence-corrected chi connectivity index (χ3v) is 8.76. The van der Waals surface area contributed by atoms with Crippen molar-refractivity contribution in [2.45, 2.75) is 58.0 Å². The number of anilines is 2. The van der Waals surface area contributed by atoms with Crippen molar-refractivity contribution in [2.24, 2.45) is 5.92 Å². The molecule has 0 unspecified atom stereocenters. The number of halogens is 2. The SMILES string of the molecule is Cc1ncc(Cl)cc1N[C@@H](C)c1ccc(C(=O)N[C@@H](CC2CCCC2)C(=O)Nc2ccc3ncc(F)cc3c2)s1. The molecule has 208 valence electrons. The van der Waals surface area contributed by atoms with Crippen molar-refractivity contribution >= 4 is 57.0 Å². The fourth-order valence-electron chi connectivity index (χ4n) is 5.12. The highest BCUT2D eigenvalue weighted by Crippen LogP contribution is 2.31. The zero-order valence-corrected chi connectivity index (χ0v) is 23.9. The van der Waals surface area contributed by atoms with Gasteiger partial charge in [0, 0.05) is 22.1 Å². The van der Waals surface area contributed by atoms with Crippen LogP contribution in [0.3, 0.4) is 0 Å². The van der Waals surface area contributed by atoms with Crippen LogP contribution in [-0.4, -0.2) is 27.8 Å². The van der Waals surface area contributed by atoms with Crippen LogP contribution in [0.1, 0.15) is 65.3 Å². The number of benzene rings is 1. The number of hydrogen-bond acceptors (Lipinski definition) is 6. The Hall–Kier alpha value is -3.56. The van der Waals surface area contributed by atoms with E-state index in [-0.39, 0.29) is 17.9 Å². The maximum Gasteiger partial charge on any atom is 0.262 e. The number of rotatable bonds is 9. The van der Waals surface area contributed by atoms with Crippen LogP contribution >= 0.6 is 22.9 Å². The molecule has 1 fully saturated rings. The summed E-state index contributed by atoms with van der Waals surface area (Å²) in [7, 11) is 0. The Morgan fingerprint density at radius 2 is 1.90 bits per heavy atom. The first kappa shape index (κ1) is 28.0. The van der Waals surface area contributed by atoms with Gasteiger partial charge in [-0.25, -0.2) is 4.39 Å². The van der Waals surface area contributed by atoms with E-state index in [9.17, 15) is 14.0 Å². The van der Waals surface area contributed by atoms with E-state index in [1.807, 2.05) is 26.0 Å². The van der Waals surface area contributed by atoms with Crippen LogP contribution in [0.15, 0.2) is 54.9 Å². The molecule has 0 saturated heterocycles. The van der Waals surface area contributed by atoms with E-state index >= 15 is 0 Å². The van der Waals surface area contributed by atoms with Crippen molar-refractivity contribution in [1.29, 1.82) is 0 Å². The summed E-state index contributed by atoms with van der Waals surface area (Å²) in [4.78, 5) is 36.6. The number of pyridine rings is 2. The van der Waals surface area contributed by atoms with E-state index in [0.717, 1.165) is 48.1 Å². The van der Waals surface area contributed by atoms with Gasteiger partial charge in [0.25, 0.3) is 5.91 Å². The lowest BCUT2D eigenvalue weighted by atomic mass is 9.97. The molecular formula is C30H31ClFN5O2S.